The average molecular weight is 299 g/mol. The fourth-order valence-electron chi connectivity index (χ4n) is 1.17. The molecule has 3 nitrogen and oxygen atoms in total. The van der Waals surface area contributed by atoms with Crippen LogP contribution >= 0.6 is 27.7 Å². The second-order valence-corrected chi connectivity index (χ2v) is 5.19. The summed E-state index contributed by atoms with van der Waals surface area (Å²) in [6.07, 6.45) is 1.10. The molecule has 1 aromatic heterocycles. The normalized spacial score (nSPS) is 10.6. The first kappa shape index (κ1) is 11.7. The van der Waals surface area contributed by atoms with Crippen LogP contribution in [0.3, 0.4) is 0 Å². The molecular weight excluding hydrogens is 288 g/mol. The topological polar surface area (TPSA) is 38.9 Å². The summed E-state index contributed by atoms with van der Waals surface area (Å²) in [5.41, 5.74) is 0.944. The second kappa shape index (κ2) is 5.50. The average Bonchev–Trinajstić information content (AvgIpc) is 2.76. The smallest absolute Gasteiger partial charge is 0.276 e. The first-order valence-corrected chi connectivity index (χ1v) is 6.79. The quantitative estimate of drug-likeness (QED) is 0.800. The van der Waals surface area contributed by atoms with Gasteiger partial charge >= 0.3 is 0 Å². The summed E-state index contributed by atoms with van der Waals surface area (Å²) >= 11 is 4.98. The van der Waals surface area contributed by atoms with Crippen molar-refractivity contribution in [1.29, 1.82) is 0 Å². The van der Waals surface area contributed by atoms with Crippen molar-refractivity contribution in [1.82, 2.24) is 10.2 Å². The van der Waals surface area contributed by atoms with Gasteiger partial charge in [0.05, 0.1) is 0 Å². The highest BCUT2D eigenvalue weighted by molar-refractivity contribution is 9.10. The number of halogens is 1. The van der Waals surface area contributed by atoms with Crippen LogP contribution in [0.5, 0.6) is 0 Å². The number of hydrogen-bond acceptors (Lipinski definition) is 4. The van der Waals surface area contributed by atoms with E-state index in [0.29, 0.717) is 11.1 Å². The molecule has 2 rings (SSSR count). The Morgan fingerprint density at radius 2 is 2.00 bits per heavy atom. The predicted octanol–water partition coefficient (Wildman–Crippen LogP) is 4.00. The summed E-state index contributed by atoms with van der Waals surface area (Å²) in [6.45, 7) is 2.12. The van der Waals surface area contributed by atoms with Crippen molar-refractivity contribution in [3.8, 4) is 11.5 Å². The van der Waals surface area contributed by atoms with Gasteiger partial charge in [-0.05, 0) is 30.7 Å². The Morgan fingerprint density at radius 1 is 1.25 bits per heavy atom. The van der Waals surface area contributed by atoms with E-state index in [2.05, 4.69) is 33.1 Å². The molecule has 0 unspecified atom stereocenters. The highest BCUT2D eigenvalue weighted by Crippen LogP contribution is 2.24. The van der Waals surface area contributed by atoms with Crippen molar-refractivity contribution in [3.05, 3.63) is 28.7 Å². The van der Waals surface area contributed by atoms with Gasteiger partial charge in [-0.25, -0.2) is 0 Å². The fraction of sp³-hybridized carbons (Fsp3) is 0.273. The Bertz CT molecular complexity index is 455. The maximum atomic E-state index is 5.54. The highest BCUT2D eigenvalue weighted by atomic mass is 79.9. The van der Waals surface area contributed by atoms with Crippen molar-refractivity contribution in [2.75, 3.05) is 5.75 Å². The van der Waals surface area contributed by atoms with E-state index < -0.39 is 0 Å². The lowest BCUT2D eigenvalue weighted by molar-refractivity contribution is 0.466. The van der Waals surface area contributed by atoms with Gasteiger partial charge in [0.15, 0.2) is 0 Å². The molecule has 1 heterocycles. The minimum absolute atomic E-state index is 0.575. The molecule has 0 aliphatic heterocycles. The maximum Gasteiger partial charge on any atom is 0.276 e. The zero-order chi connectivity index (χ0) is 11.4. The van der Waals surface area contributed by atoms with Crippen LogP contribution in [-0.2, 0) is 0 Å². The van der Waals surface area contributed by atoms with Crippen LogP contribution < -0.4 is 0 Å². The lowest BCUT2D eigenvalue weighted by Gasteiger charge is -1.94. The molecular formula is C11H11BrN2OS. The van der Waals surface area contributed by atoms with Crippen molar-refractivity contribution in [2.24, 2.45) is 0 Å². The summed E-state index contributed by atoms with van der Waals surface area (Å²) < 4.78 is 6.58. The van der Waals surface area contributed by atoms with Crippen LogP contribution in [0.4, 0.5) is 0 Å². The summed E-state index contributed by atoms with van der Waals surface area (Å²) in [7, 11) is 0. The van der Waals surface area contributed by atoms with Crippen LogP contribution in [0.2, 0.25) is 0 Å². The molecule has 84 valence electrons. The molecule has 0 N–H and O–H groups in total. The molecule has 0 amide bonds. The molecule has 0 spiro atoms. The van der Waals surface area contributed by atoms with E-state index in [0.717, 1.165) is 22.2 Å². The molecule has 0 aliphatic carbocycles. The first-order chi connectivity index (χ1) is 7.79. The Balaban J connectivity index is 2.15. The molecule has 1 aromatic carbocycles. The third kappa shape index (κ3) is 2.86. The zero-order valence-electron chi connectivity index (χ0n) is 8.81. The summed E-state index contributed by atoms with van der Waals surface area (Å²) in [5.74, 6) is 1.58. The standard InChI is InChI=1S/C11H11BrN2OS/c1-2-7-16-11-14-13-10(15-11)8-3-5-9(12)6-4-8/h3-6H,2,7H2,1H3. The summed E-state index contributed by atoms with van der Waals surface area (Å²) in [6, 6.07) is 7.81. The number of aromatic nitrogens is 2. The van der Waals surface area contributed by atoms with Crippen molar-refractivity contribution in [2.45, 2.75) is 18.6 Å². The summed E-state index contributed by atoms with van der Waals surface area (Å²) in [5, 5.41) is 8.64. The van der Waals surface area contributed by atoms with Crippen LogP contribution in [0.25, 0.3) is 11.5 Å². The molecule has 16 heavy (non-hydrogen) atoms. The van der Waals surface area contributed by atoms with Gasteiger partial charge in [0.2, 0.25) is 5.89 Å². The fourth-order valence-corrected chi connectivity index (χ4v) is 2.05. The highest BCUT2D eigenvalue weighted by Gasteiger charge is 2.07. The first-order valence-electron chi connectivity index (χ1n) is 5.02. The van der Waals surface area contributed by atoms with Gasteiger partial charge in [-0.3, -0.25) is 0 Å². The Hall–Kier alpha value is -0.810. The zero-order valence-corrected chi connectivity index (χ0v) is 11.2. The van der Waals surface area contributed by atoms with E-state index in [1.807, 2.05) is 24.3 Å². The monoisotopic (exact) mass is 298 g/mol. The molecule has 0 aliphatic rings. The molecule has 0 saturated heterocycles. The van der Waals surface area contributed by atoms with E-state index in [4.69, 9.17) is 4.42 Å². The Morgan fingerprint density at radius 3 is 2.69 bits per heavy atom. The minimum Gasteiger partial charge on any atom is -0.411 e. The van der Waals surface area contributed by atoms with E-state index in [1.165, 1.54) is 0 Å². The minimum atomic E-state index is 0.575. The lowest BCUT2D eigenvalue weighted by atomic mass is 10.2. The molecule has 2 aromatic rings. The summed E-state index contributed by atoms with van der Waals surface area (Å²) in [4.78, 5) is 0. The van der Waals surface area contributed by atoms with Gasteiger partial charge in [-0.15, -0.1) is 10.2 Å². The number of rotatable bonds is 4. The van der Waals surface area contributed by atoms with Gasteiger partial charge in [0.25, 0.3) is 5.22 Å². The van der Waals surface area contributed by atoms with Crippen LogP contribution in [-0.4, -0.2) is 16.0 Å². The van der Waals surface area contributed by atoms with Crippen molar-refractivity contribution < 1.29 is 4.42 Å². The van der Waals surface area contributed by atoms with Gasteiger partial charge in [-0.2, -0.15) is 0 Å². The van der Waals surface area contributed by atoms with Crippen LogP contribution in [0, 0.1) is 0 Å². The third-order valence-corrected chi connectivity index (χ3v) is 3.48. The van der Waals surface area contributed by atoms with E-state index in [-0.39, 0.29) is 0 Å². The largest absolute Gasteiger partial charge is 0.411 e. The molecule has 0 bridgehead atoms. The predicted molar refractivity (Wildman–Crippen MR) is 68.4 cm³/mol. The second-order valence-electron chi connectivity index (χ2n) is 3.23. The molecule has 5 heteroatoms. The van der Waals surface area contributed by atoms with Crippen LogP contribution in [0.1, 0.15) is 13.3 Å². The maximum absolute atomic E-state index is 5.54. The third-order valence-electron chi connectivity index (χ3n) is 1.93. The SMILES string of the molecule is CCCSc1nnc(-c2ccc(Br)cc2)o1. The Kier molecular flexibility index (Phi) is 4.01. The molecule has 0 radical (unpaired) electrons. The number of hydrogen-bond donors (Lipinski definition) is 0. The van der Waals surface area contributed by atoms with E-state index >= 15 is 0 Å². The van der Waals surface area contributed by atoms with E-state index in [9.17, 15) is 0 Å². The van der Waals surface area contributed by atoms with Gasteiger partial charge < -0.3 is 4.42 Å². The molecule has 0 atom stereocenters. The Labute approximate surface area is 107 Å². The van der Waals surface area contributed by atoms with Gasteiger partial charge in [-0.1, -0.05) is 34.6 Å². The van der Waals surface area contributed by atoms with Gasteiger partial charge in [0.1, 0.15) is 0 Å². The van der Waals surface area contributed by atoms with E-state index in [1.54, 1.807) is 11.8 Å². The van der Waals surface area contributed by atoms with Crippen molar-refractivity contribution in [3.63, 3.8) is 0 Å². The number of nitrogens with zero attached hydrogens (tertiary/aromatic N) is 2. The lowest BCUT2D eigenvalue weighted by Crippen LogP contribution is -1.76. The van der Waals surface area contributed by atoms with Crippen molar-refractivity contribution >= 4 is 27.7 Å². The van der Waals surface area contributed by atoms with Gasteiger partial charge in [0, 0.05) is 15.8 Å². The van der Waals surface area contributed by atoms with Crippen LogP contribution in [0.15, 0.2) is 38.4 Å². The molecule has 0 saturated carbocycles. The number of thioether (sulfide) groups is 1. The number of benzene rings is 1. The molecule has 0 fully saturated rings.